The van der Waals surface area contributed by atoms with E-state index in [2.05, 4.69) is 15.3 Å². The van der Waals surface area contributed by atoms with Gasteiger partial charge in [-0.2, -0.15) is 17.7 Å². The lowest BCUT2D eigenvalue weighted by molar-refractivity contribution is -0.146. The van der Waals surface area contributed by atoms with Crippen molar-refractivity contribution in [2.45, 2.75) is 19.5 Å². The van der Waals surface area contributed by atoms with Crippen molar-refractivity contribution < 1.29 is 22.3 Å². The zero-order valence-electron chi connectivity index (χ0n) is 13.8. The van der Waals surface area contributed by atoms with E-state index in [1.54, 1.807) is 12.1 Å². The summed E-state index contributed by atoms with van der Waals surface area (Å²) in [5, 5.41) is 11.1. The van der Waals surface area contributed by atoms with Gasteiger partial charge in [0.25, 0.3) is 5.82 Å². The molecule has 10 heteroatoms. The summed E-state index contributed by atoms with van der Waals surface area (Å²) in [6.45, 7) is 1.91. The fourth-order valence-corrected chi connectivity index (χ4v) is 2.69. The topological polar surface area (TPSA) is 82.5 Å². The van der Waals surface area contributed by atoms with Crippen LogP contribution in [0.1, 0.15) is 18.3 Å². The lowest BCUT2D eigenvalue weighted by Gasteiger charge is -2.08. The smallest absolute Gasteiger partial charge is 0.437 e. The Morgan fingerprint density at radius 3 is 2.70 bits per heavy atom. The molecule has 27 heavy (non-hydrogen) atoms. The maximum Gasteiger partial charge on any atom is 0.453 e. The van der Waals surface area contributed by atoms with Crippen LogP contribution in [0.2, 0.25) is 0 Å². The van der Waals surface area contributed by atoms with Gasteiger partial charge >= 0.3 is 11.8 Å². The molecule has 0 saturated heterocycles. The number of fused-ring (bicyclic) bond motifs is 2. The van der Waals surface area contributed by atoms with Gasteiger partial charge in [-0.3, -0.25) is 0 Å². The van der Waals surface area contributed by atoms with Crippen LogP contribution in [0.5, 0.6) is 11.6 Å². The van der Waals surface area contributed by atoms with E-state index >= 15 is 0 Å². The van der Waals surface area contributed by atoms with Gasteiger partial charge < -0.3 is 9.15 Å². The van der Waals surface area contributed by atoms with Crippen LogP contribution in [0, 0.1) is 0 Å². The summed E-state index contributed by atoms with van der Waals surface area (Å²) in [4.78, 5) is 11.6. The Hall–Kier alpha value is -3.43. The maximum absolute atomic E-state index is 12.9. The second kappa shape index (κ2) is 6.08. The maximum atomic E-state index is 12.9. The highest BCUT2D eigenvalue weighted by molar-refractivity contribution is 5.81. The molecule has 0 saturated carbocycles. The lowest BCUT2D eigenvalue weighted by Crippen LogP contribution is -2.12. The summed E-state index contributed by atoms with van der Waals surface area (Å²) in [5.41, 5.74) is 0.590. The summed E-state index contributed by atoms with van der Waals surface area (Å²) < 4.78 is 50.1. The number of halogens is 3. The highest BCUT2D eigenvalue weighted by Gasteiger charge is 2.37. The molecule has 3 aromatic heterocycles. The molecule has 0 atom stereocenters. The number of ether oxygens (including phenoxy) is 1. The molecule has 7 nitrogen and oxygen atoms in total. The molecule has 0 unspecified atom stereocenters. The van der Waals surface area contributed by atoms with Crippen LogP contribution in [0.3, 0.4) is 0 Å². The second-order valence-corrected chi connectivity index (χ2v) is 5.67. The van der Waals surface area contributed by atoms with Gasteiger partial charge in [0.05, 0.1) is 0 Å². The number of benzene rings is 1. The van der Waals surface area contributed by atoms with Crippen LogP contribution in [0.25, 0.3) is 16.6 Å². The van der Waals surface area contributed by atoms with Crippen molar-refractivity contribution in [2.24, 2.45) is 0 Å². The third-order valence-electron chi connectivity index (χ3n) is 3.90. The van der Waals surface area contributed by atoms with Crippen LogP contribution in [0.15, 0.2) is 45.6 Å². The van der Waals surface area contributed by atoms with Gasteiger partial charge in [-0.05, 0) is 30.2 Å². The van der Waals surface area contributed by atoms with E-state index in [4.69, 9.17) is 9.15 Å². The minimum Gasteiger partial charge on any atom is -0.437 e. The third kappa shape index (κ3) is 3.09. The van der Waals surface area contributed by atoms with E-state index in [0.29, 0.717) is 16.5 Å². The van der Waals surface area contributed by atoms with E-state index < -0.39 is 17.6 Å². The molecule has 0 bridgehead atoms. The largest absolute Gasteiger partial charge is 0.453 e. The molecule has 0 aliphatic carbocycles. The first-order valence-corrected chi connectivity index (χ1v) is 7.89. The average Bonchev–Trinajstić information content (AvgIpc) is 3.04. The van der Waals surface area contributed by atoms with Crippen molar-refractivity contribution in [3.63, 3.8) is 0 Å². The zero-order valence-corrected chi connectivity index (χ0v) is 13.8. The second-order valence-electron chi connectivity index (χ2n) is 5.67. The van der Waals surface area contributed by atoms with E-state index in [0.717, 1.165) is 10.9 Å². The third-order valence-corrected chi connectivity index (χ3v) is 3.90. The molecule has 0 N–H and O–H groups in total. The molecule has 0 amide bonds. The van der Waals surface area contributed by atoms with Gasteiger partial charge in [0, 0.05) is 23.6 Å². The first-order valence-electron chi connectivity index (χ1n) is 7.89. The summed E-state index contributed by atoms with van der Waals surface area (Å²) in [6.07, 6.45) is -4.05. The van der Waals surface area contributed by atoms with Gasteiger partial charge in [0.1, 0.15) is 11.3 Å². The lowest BCUT2D eigenvalue weighted by atomic mass is 10.1. The monoisotopic (exact) mass is 376 g/mol. The number of rotatable bonds is 3. The molecule has 0 spiro atoms. The molecule has 1 aromatic carbocycles. The van der Waals surface area contributed by atoms with Gasteiger partial charge in [-0.25, -0.2) is 4.79 Å². The van der Waals surface area contributed by atoms with E-state index in [9.17, 15) is 18.0 Å². The molecule has 4 aromatic rings. The Labute approximate surface area is 149 Å². The molecule has 138 valence electrons. The standard InChI is InChI=1S/C17H11F3N4O3/c1-2-9-7-15(25)27-12-8-10(3-4-11(9)12)26-14-6-5-13-21-22-16(17(18,19)20)24(13)23-14/h3-8H,2H2,1H3. The Bertz CT molecular complexity index is 1210. The molecule has 4 rings (SSSR count). The zero-order chi connectivity index (χ0) is 19.2. The van der Waals surface area contributed by atoms with Crippen LogP contribution in [-0.4, -0.2) is 19.8 Å². The number of hydrogen-bond acceptors (Lipinski definition) is 6. The highest BCUT2D eigenvalue weighted by atomic mass is 19.4. The molecule has 0 aliphatic rings. The van der Waals surface area contributed by atoms with Gasteiger partial charge in [-0.15, -0.1) is 15.3 Å². The van der Waals surface area contributed by atoms with Gasteiger partial charge in [0.15, 0.2) is 5.65 Å². The Morgan fingerprint density at radius 1 is 1.15 bits per heavy atom. The molecule has 0 fully saturated rings. The Balaban J connectivity index is 1.74. The van der Waals surface area contributed by atoms with Crippen molar-refractivity contribution in [3.8, 4) is 11.6 Å². The van der Waals surface area contributed by atoms with E-state index in [1.807, 2.05) is 6.92 Å². The number of nitrogens with zero attached hydrogens (tertiary/aromatic N) is 4. The molecular weight excluding hydrogens is 365 g/mol. The van der Waals surface area contributed by atoms with Crippen LogP contribution >= 0.6 is 0 Å². The van der Waals surface area contributed by atoms with Crippen molar-refractivity contribution in [1.29, 1.82) is 0 Å². The van der Waals surface area contributed by atoms with E-state index in [-0.39, 0.29) is 17.3 Å². The highest BCUT2D eigenvalue weighted by Crippen LogP contribution is 2.29. The number of alkyl halides is 3. The predicted octanol–water partition coefficient (Wildman–Crippen LogP) is 3.60. The first-order chi connectivity index (χ1) is 12.8. The minimum atomic E-state index is -4.70. The van der Waals surface area contributed by atoms with Gasteiger partial charge in [-0.1, -0.05) is 6.92 Å². The van der Waals surface area contributed by atoms with Crippen LogP contribution in [-0.2, 0) is 12.6 Å². The van der Waals surface area contributed by atoms with E-state index in [1.165, 1.54) is 24.3 Å². The Morgan fingerprint density at radius 2 is 1.96 bits per heavy atom. The van der Waals surface area contributed by atoms with Crippen molar-refractivity contribution >= 4 is 16.6 Å². The first kappa shape index (κ1) is 17.0. The number of aryl methyl sites for hydroxylation is 1. The van der Waals surface area contributed by atoms with Crippen molar-refractivity contribution in [1.82, 2.24) is 19.8 Å². The SMILES string of the molecule is CCc1cc(=O)oc2cc(Oc3ccc4nnc(C(F)(F)F)n4n3)ccc12. The number of aromatic nitrogens is 4. The summed E-state index contributed by atoms with van der Waals surface area (Å²) >= 11 is 0. The predicted molar refractivity (Wildman–Crippen MR) is 87.7 cm³/mol. The average molecular weight is 376 g/mol. The fraction of sp³-hybridized carbons (Fsp3) is 0.176. The quantitative estimate of drug-likeness (QED) is 0.508. The summed E-state index contributed by atoms with van der Waals surface area (Å²) in [5.74, 6) is -1.09. The van der Waals surface area contributed by atoms with Crippen LogP contribution in [0.4, 0.5) is 13.2 Å². The summed E-state index contributed by atoms with van der Waals surface area (Å²) in [7, 11) is 0. The molecule has 3 heterocycles. The molecule has 0 radical (unpaired) electrons. The minimum absolute atomic E-state index is 0.0632. The summed E-state index contributed by atoms with van der Waals surface area (Å²) in [6, 6.07) is 8.91. The number of hydrogen-bond donors (Lipinski definition) is 0. The van der Waals surface area contributed by atoms with Gasteiger partial charge in [0.2, 0.25) is 5.88 Å². The fourth-order valence-electron chi connectivity index (χ4n) is 2.69. The normalized spacial score (nSPS) is 12.0. The van der Waals surface area contributed by atoms with Crippen molar-refractivity contribution in [2.75, 3.05) is 0 Å². The van der Waals surface area contributed by atoms with Crippen molar-refractivity contribution in [3.05, 3.63) is 58.2 Å². The molecular formula is C17H11F3N4O3. The Kier molecular flexibility index (Phi) is 3.83. The molecule has 0 aliphatic heterocycles. The van der Waals surface area contributed by atoms with Crippen LogP contribution < -0.4 is 10.4 Å².